The van der Waals surface area contributed by atoms with Gasteiger partial charge in [-0.15, -0.1) is 0 Å². The molecule has 2 N–H and O–H groups in total. The number of hydrogen-bond donors (Lipinski definition) is 2. The van der Waals surface area contributed by atoms with Gasteiger partial charge >= 0.3 is 12.1 Å². The minimum Gasteiger partial charge on any atom is -0.480 e. The molecule has 0 saturated carbocycles. The topological polar surface area (TPSA) is 95.9 Å². The zero-order valence-corrected chi connectivity index (χ0v) is 21.1. The van der Waals surface area contributed by atoms with Crippen LogP contribution in [0.15, 0.2) is 78.9 Å². The summed E-state index contributed by atoms with van der Waals surface area (Å²) in [5.41, 5.74) is 5.38. The molecule has 7 nitrogen and oxygen atoms in total. The second kappa shape index (κ2) is 11.7. The average molecular weight is 501 g/mol. The van der Waals surface area contributed by atoms with E-state index in [9.17, 15) is 19.5 Å². The third-order valence-electron chi connectivity index (χ3n) is 6.74. The van der Waals surface area contributed by atoms with E-state index in [1.807, 2.05) is 68.4 Å². The summed E-state index contributed by atoms with van der Waals surface area (Å²) >= 11 is 0. The molecule has 4 rings (SSSR count). The number of hydrogen-bond acceptors (Lipinski definition) is 4. The van der Waals surface area contributed by atoms with E-state index >= 15 is 0 Å². The number of benzene rings is 3. The Morgan fingerprint density at radius 1 is 0.892 bits per heavy atom. The first-order chi connectivity index (χ1) is 17.8. The van der Waals surface area contributed by atoms with E-state index in [2.05, 4.69) is 29.6 Å². The van der Waals surface area contributed by atoms with Gasteiger partial charge in [-0.2, -0.15) is 0 Å². The van der Waals surface area contributed by atoms with Gasteiger partial charge in [0.2, 0.25) is 5.91 Å². The molecule has 0 fully saturated rings. The van der Waals surface area contributed by atoms with Crippen LogP contribution in [0.1, 0.15) is 42.9 Å². The second-order valence-electron chi connectivity index (χ2n) is 9.65. The second-order valence-corrected chi connectivity index (χ2v) is 9.65. The highest BCUT2D eigenvalue weighted by molar-refractivity contribution is 5.82. The summed E-state index contributed by atoms with van der Waals surface area (Å²) in [5.74, 6) is -1.55. The number of rotatable bonds is 10. The van der Waals surface area contributed by atoms with Crippen LogP contribution in [0.5, 0.6) is 0 Å². The summed E-state index contributed by atoms with van der Waals surface area (Å²) in [7, 11) is 0. The van der Waals surface area contributed by atoms with Crippen molar-refractivity contribution in [3.8, 4) is 11.1 Å². The molecular formula is C30H32N2O5. The maximum absolute atomic E-state index is 13.1. The van der Waals surface area contributed by atoms with Crippen molar-refractivity contribution >= 4 is 18.0 Å². The molecule has 0 spiro atoms. The lowest BCUT2D eigenvalue weighted by atomic mass is 9.98. The molecule has 37 heavy (non-hydrogen) atoms. The Balaban J connectivity index is 1.39. The highest BCUT2D eigenvalue weighted by Gasteiger charge is 2.30. The Labute approximate surface area is 217 Å². The molecule has 1 aliphatic carbocycles. The number of carbonyl (C=O) groups is 3. The van der Waals surface area contributed by atoms with Crippen LogP contribution < -0.4 is 5.32 Å². The molecule has 0 bridgehead atoms. The normalized spacial score (nSPS) is 12.9. The summed E-state index contributed by atoms with van der Waals surface area (Å²) in [6, 6.07) is 25.0. The first-order valence-electron chi connectivity index (χ1n) is 12.5. The SMILES string of the molecule is CC(C)[C@H](CC(=O)N(CC(=O)O)Cc1ccccc1)NC(=O)OCC1c2ccccc2-c2ccccc21. The van der Waals surface area contributed by atoms with E-state index in [0.717, 1.165) is 27.8 Å². The average Bonchev–Trinajstić information content (AvgIpc) is 3.20. The van der Waals surface area contributed by atoms with Crippen LogP contribution in [-0.4, -0.2) is 47.2 Å². The van der Waals surface area contributed by atoms with Crippen molar-refractivity contribution in [1.82, 2.24) is 10.2 Å². The first-order valence-corrected chi connectivity index (χ1v) is 12.5. The fourth-order valence-electron chi connectivity index (χ4n) is 4.76. The zero-order valence-electron chi connectivity index (χ0n) is 21.1. The number of nitrogens with one attached hydrogen (secondary N) is 1. The zero-order chi connectivity index (χ0) is 26.4. The third-order valence-corrected chi connectivity index (χ3v) is 6.74. The van der Waals surface area contributed by atoms with Crippen LogP contribution in [0, 0.1) is 5.92 Å². The van der Waals surface area contributed by atoms with Gasteiger partial charge in [0.1, 0.15) is 13.2 Å². The fraction of sp³-hybridized carbons (Fsp3) is 0.300. The van der Waals surface area contributed by atoms with E-state index < -0.39 is 24.6 Å². The number of nitrogens with zero attached hydrogens (tertiary/aromatic N) is 1. The van der Waals surface area contributed by atoms with Crippen LogP contribution in [0.25, 0.3) is 11.1 Å². The Kier molecular flexibility index (Phi) is 8.23. The lowest BCUT2D eigenvalue weighted by Gasteiger charge is -2.26. The number of carboxylic acid groups (broad SMARTS) is 1. The molecule has 192 valence electrons. The molecule has 0 aliphatic heterocycles. The van der Waals surface area contributed by atoms with Crippen molar-refractivity contribution in [2.75, 3.05) is 13.2 Å². The van der Waals surface area contributed by atoms with Crippen LogP contribution in [-0.2, 0) is 20.9 Å². The van der Waals surface area contributed by atoms with Crippen LogP contribution in [0.2, 0.25) is 0 Å². The van der Waals surface area contributed by atoms with Gasteiger partial charge in [-0.05, 0) is 33.7 Å². The smallest absolute Gasteiger partial charge is 0.407 e. The van der Waals surface area contributed by atoms with Crippen LogP contribution in [0.3, 0.4) is 0 Å². The number of ether oxygens (including phenoxy) is 1. The van der Waals surface area contributed by atoms with Crippen molar-refractivity contribution in [2.45, 2.75) is 38.8 Å². The predicted octanol–water partition coefficient (Wildman–Crippen LogP) is 5.05. The summed E-state index contributed by atoms with van der Waals surface area (Å²) < 4.78 is 5.65. The van der Waals surface area contributed by atoms with E-state index in [0.29, 0.717) is 0 Å². The van der Waals surface area contributed by atoms with E-state index in [1.54, 1.807) is 0 Å². The minimum absolute atomic E-state index is 0.0258. The molecule has 0 aromatic heterocycles. The number of carbonyl (C=O) groups excluding carboxylic acids is 2. The molecule has 7 heteroatoms. The number of alkyl carbamates (subject to hydrolysis) is 1. The lowest BCUT2D eigenvalue weighted by molar-refractivity contribution is -0.145. The maximum atomic E-state index is 13.1. The highest BCUT2D eigenvalue weighted by Crippen LogP contribution is 2.44. The summed E-state index contributed by atoms with van der Waals surface area (Å²) in [5, 5.41) is 12.2. The number of carboxylic acids is 1. The Hall–Kier alpha value is -4.13. The third kappa shape index (κ3) is 6.36. The fourth-order valence-corrected chi connectivity index (χ4v) is 4.76. The maximum Gasteiger partial charge on any atom is 0.407 e. The van der Waals surface area contributed by atoms with Crippen molar-refractivity contribution in [3.05, 3.63) is 95.6 Å². The van der Waals surface area contributed by atoms with E-state index in [4.69, 9.17) is 4.74 Å². The van der Waals surface area contributed by atoms with Crippen molar-refractivity contribution in [2.24, 2.45) is 5.92 Å². The molecule has 0 unspecified atom stereocenters. The standard InChI is InChI=1S/C30H32N2O5/c1-20(2)27(16-28(33)32(18-29(34)35)17-21-10-4-3-5-11-21)31-30(36)37-19-26-24-14-8-6-12-22(24)23-13-7-9-15-25(23)26/h3-15,20,26-27H,16-19H2,1-2H3,(H,31,36)(H,34,35)/t27-/m0/s1. The predicted molar refractivity (Wildman–Crippen MR) is 141 cm³/mol. The van der Waals surface area contributed by atoms with Gasteiger partial charge in [0, 0.05) is 24.9 Å². The number of fused-ring (bicyclic) bond motifs is 3. The summed E-state index contributed by atoms with van der Waals surface area (Å²) in [4.78, 5) is 38.6. The van der Waals surface area contributed by atoms with Gasteiger partial charge in [-0.3, -0.25) is 9.59 Å². The lowest BCUT2D eigenvalue weighted by Crippen LogP contribution is -2.44. The molecule has 0 radical (unpaired) electrons. The van der Waals surface area contributed by atoms with Crippen molar-refractivity contribution < 1.29 is 24.2 Å². The van der Waals surface area contributed by atoms with Gasteiger partial charge in [0.05, 0.1) is 0 Å². The van der Waals surface area contributed by atoms with Crippen molar-refractivity contribution in [1.29, 1.82) is 0 Å². The van der Waals surface area contributed by atoms with Gasteiger partial charge in [-0.25, -0.2) is 4.79 Å². The Bertz CT molecular complexity index is 1210. The molecule has 1 atom stereocenters. The molecular weight excluding hydrogens is 468 g/mol. The van der Waals surface area contributed by atoms with Crippen LogP contribution in [0.4, 0.5) is 4.79 Å². The first kappa shape index (κ1) is 25.9. The molecule has 0 heterocycles. The van der Waals surface area contributed by atoms with Crippen molar-refractivity contribution in [3.63, 3.8) is 0 Å². The van der Waals surface area contributed by atoms with E-state index in [-0.39, 0.29) is 37.3 Å². The molecule has 2 amide bonds. The highest BCUT2D eigenvalue weighted by atomic mass is 16.5. The minimum atomic E-state index is -1.09. The molecule has 3 aromatic carbocycles. The number of aliphatic carboxylic acids is 1. The number of amides is 2. The van der Waals surface area contributed by atoms with Gasteiger partial charge in [0.25, 0.3) is 0 Å². The van der Waals surface area contributed by atoms with E-state index in [1.165, 1.54) is 4.90 Å². The summed E-state index contributed by atoms with van der Waals surface area (Å²) in [6.07, 6.45) is -0.622. The quantitative estimate of drug-likeness (QED) is 0.406. The summed E-state index contributed by atoms with van der Waals surface area (Å²) in [6.45, 7) is 3.75. The van der Waals surface area contributed by atoms with Gasteiger partial charge in [0.15, 0.2) is 0 Å². The van der Waals surface area contributed by atoms with Gasteiger partial charge in [-0.1, -0.05) is 92.7 Å². The van der Waals surface area contributed by atoms with Gasteiger partial charge < -0.3 is 20.1 Å². The molecule has 1 aliphatic rings. The van der Waals surface area contributed by atoms with Crippen LogP contribution >= 0.6 is 0 Å². The Morgan fingerprint density at radius 2 is 1.46 bits per heavy atom. The monoisotopic (exact) mass is 500 g/mol. The molecule has 0 saturated heterocycles. The molecule has 3 aromatic rings. The Morgan fingerprint density at radius 3 is 2.03 bits per heavy atom. The largest absolute Gasteiger partial charge is 0.480 e.